The van der Waals surface area contributed by atoms with Gasteiger partial charge in [-0.1, -0.05) is 23.7 Å². The van der Waals surface area contributed by atoms with Crippen LogP contribution in [0.5, 0.6) is 5.75 Å². The summed E-state index contributed by atoms with van der Waals surface area (Å²) in [5, 5.41) is 3.04. The second-order valence-corrected chi connectivity index (χ2v) is 5.42. The maximum Gasteiger partial charge on any atom is 0.252 e. The normalized spacial score (nSPS) is 16.0. The zero-order chi connectivity index (χ0) is 15.7. The first-order valence-corrected chi connectivity index (χ1v) is 7.09. The predicted molar refractivity (Wildman–Crippen MR) is 78.3 cm³/mol. The van der Waals surface area contributed by atoms with Crippen LogP contribution >= 0.6 is 11.6 Å². The lowest BCUT2D eigenvalue weighted by molar-refractivity contribution is 0.0933. The van der Waals surface area contributed by atoms with Crippen molar-refractivity contribution in [1.29, 1.82) is 0 Å². The summed E-state index contributed by atoms with van der Waals surface area (Å²) in [6, 6.07) is 8.69. The summed E-state index contributed by atoms with van der Waals surface area (Å²) < 4.78 is 32.1. The van der Waals surface area contributed by atoms with Gasteiger partial charge in [0.15, 0.2) is 11.6 Å². The Labute approximate surface area is 130 Å². The Morgan fingerprint density at radius 3 is 2.86 bits per heavy atom. The molecule has 1 amide bonds. The molecular weight excluding hydrogens is 312 g/mol. The average Bonchev–Trinajstić information content (AvgIpc) is 2.88. The van der Waals surface area contributed by atoms with Crippen molar-refractivity contribution in [3.8, 4) is 5.75 Å². The number of benzene rings is 2. The highest BCUT2D eigenvalue weighted by Gasteiger charge is 2.27. The van der Waals surface area contributed by atoms with Gasteiger partial charge in [0, 0.05) is 18.1 Å². The van der Waals surface area contributed by atoms with Gasteiger partial charge >= 0.3 is 0 Å². The molecule has 114 valence electrons. The molecule has 0 radical (unpaired) electrons. The minimum Gasteiger partial charge on any atom is -0.485 e. The third-order valence-electron chi connectivity index (χ3n) is 3.43. The molecule has 1 aliphatic heterocycles. The molecule has 3 rings (SSSR count). The van der Waals surface area contributed by atoms with Crippen LogP contribution in [0.4, 0.5) is 8.78 Å². The molecule has 0 bridgehead atoms. The smallest absolute Gasteiger partial charge is 0.252 e. The number of carbonyl (C=O) groups is 1. The second-order valence-electron chi connectivity index (χ2n) is 5.01. The third kappa shape index (κ3) is 2.90. The van der Waals surface area contributed by atoms with Gasteiger partial charge in [0.25, 0.3) is 5.91 Å². The van der Waals surface area contributed by atoms with Crippen molar-refractivity contribution in [3.05, 3.63) is 64.2 Å². The van der Waals surface area contributed by atoms with Gasteiger partial charge < -0.3 is 10.1 Å². The molecule has 0 saturated carbocycles. The highest BCUT2D eigenvalue weighted by molar-refractivity contribution is 6.33. The molecule has 1 aliphatic rings. The molecule has 1 unspecified atom stereocenters. The van der Waals surface area contributed by atoms with Crippen molar-refractivity contribution in [2.24, 2.45) is 0 Å². The van der Waals surface area contributed by atoms with Crippen LogP contribution < -0.4 is 10.1 Å². The summed E-state index contributed by atoms with van der Waals surface area (Å²) in [7, 11) is 0. The van der Waals surface area contributed by atoms with Crippen molar-refractivity contribution >= 4 is 17.5 Å². The van der Waals surface area contributed by atoms with Crippen LogP contribution in [0.25, 0.3) is 0 Å². The van der Waals surface area contributed by atoms with Gasteiger partial charge in [-0.25, -0.2) is 8.78 Å². The first kappa shape index (κ1) is 14.8. The fraction of sp³-hybridized carbons (Fsp3) is 0.188. The number of rotatable bonds is 3. The Balaban J connectivity index is 1.64. The van der Waals surface area contributed by atoms with E-state index in [1.165, 1.54) is 6.07 Å². The van der Waals surface area contributed by atoms with Gasteiger partial charge in [-0.2, -0.15) is 0 Å². The molecule has 0 aliphatic carbocycles. The van der Waals surface area contributed by atoms with Gasteiger partial charge in [0.2, 0.25) is 0 Å². The first-order valence-electron chi connectivity index (χ1n) is 6.72. The molecule has 3 nitrogen and oxygen atoms in total. The summed E-state index contributed by atoms with van der Waals surface area (Å²) in [6.45, 7) is 0.180. The van der Waals surface area contributed by atoms with Crippen LogP contribution in [0.15, 0.2) is 36.4 Å². The largest absolute Gasteiger partial charge is 0.485 e. The Kier molecular flexibility index (Phi) is 3.98. The fourth-order valence-electron chi connectivity index (χ4n) is 2.41. The molecular formula is C16H12ClF2NO2. The van der Waals surface area contributed by atoms with E-state index in [9.17, 15) is 13.6 Å². The van der Waals surface area contributed by atoms with E-state index in [1.807, 2.05) is 0 Å². The van der Waals surface area contributed by atoms with Gasteiger partial charge in [-0.15, -0.1) is 0 Å². The third-order valence-corrected chi connectivity index (χ3v) is 3.76. The van der Waals surface area contributed by atoms with E-state index in [0.29, 0.717) is 22.6 Å². The number of hydrogen-bond donors (Lipinski definition) is 1. The van der Waals surface area contributed by atoms with Gasteiger partial charge in [-0.3, -0.25) is 4.79 Å². The maximum absolute atomic E-state index is 13.6. The van der Waals surface area contributed by atoms with E-state index in [4.69, 9.17) is 16.3 Å². The maximum atomic E-state index is 13.6. The zero-order valence-electron chi connectivity index (χ0n) is 11.4. The minimum absolute atomic E-state index is 0.0541. The summed E-state index contributed by atoms with van der Waals surface area (Å²) in [5.74, 6) is -1.65. The first-order chi connectivity index (χ1) is 10.5. The lowest BCUT2D eigenvalue weighted by atomic mass is 10.1. The summed E-state index contributed by atoms with van der Waals surface area (Å²) in [5.41, 5.74) is 0.825. The van der Waals surface area contributed by atoms with E-state index in [2.05, 4.69) is 5.32 Å². The number of amides is 1. The number of carbonyl (C=O) groups excluding carboxylic acids is 1. The highest BCUT2D eigenvalue weighted by atomic mass is 35.5. The molecule has 1 N–H and O–H groups in total. The van der Waals surface area contributed by atoms with Gasteiger partial charge in [-0.05, 0) is 18.2 Å². The fourth-order valence-corrected chi connectivity index (χ4v) is 2.63. The van der Waals surface area contributed by atoms with Crippen LogP contribution in [0.1, 0.15) is 15.9 Å². The number of halogens is 3. The standard InChI is InChI=1S/C16H12ClF2NO2/c17-13-4-2-1-3-12(13)16(21)20-8-11-6-9-5-10(18)7-14(19)15(9)22-11/h1-5,7,11H,6,8H2,(H,20,21). The molecule has 0 spiro atoms. The molecule has 0 aromatic heterocycles. The molecule has 2 aromatic rings. The predicted octanol–water partition coefficient (Wildman–Crippen LogP) is 3.35. The van der Waals surface area contributed by atoms with Crippen LogP contribution in [-0.4, -0.2) is 18.6 Å². The minimum atomic E-state index is -0.727. The van der Waals surface area contributed by atoms with Crippen molar-refractivity contribution in [2.45, 2.75) is 12.5 Å². The average molecular weight is 324 g/mol. The molecule has 1 heterocycles. The summed E-state index contributed by atoms with van der Waals surface area (Å²) in [6.07, 6.45) is -0.0926. The number of hydrogen-bond acceptors (Lipinski definition) is 2. The molecule has 0 saturated heterocycles. The van der Waals surface area contributed by atoms with E-state index >= 15 is 0 Å². The Hall–Kier alpha value is -2.14. The topological polar surface area (TPSA) is 38.3 Å². The molecule has 1 atom stereocenters. The Morgan fingerprint density at radius 2 is 2.09 bits per heavy atom. The van der Waals surface area contributed by atoms with Crippen LogP contribution in [-0.2, 0) is 6.42 Å². The lowest BCUT2D eigenvalue weighted by Crippen LogP contribution is -2.34. The lowest BCUT2D eigenvalue weighted by Gasteiger charge is -2.12. The molecule has 22 heavy (non-hydrogen) atoms. The van der Waals surface area contributed by atoms with Crippen molar-refractivity contribution < 1.29 is 18.3 Å². The van der Waals surface area contributed by atoms with Crippen molar-refractivity contribution in [1.82, 2.24) is 5.32 Å². The number of ether oxygens (including phenoxy) is 1. The zero-order valence-corrected chi connectivity index (χ0v) is 12.2. The van der Waals surface area contributed by atoms with Crippen LogP contribution in [0.2, 0.25) is 5.02 Å². The molecule has 0 fully saturated rings. The number of fused-ring (bicyclic) bond motifs is 1. The number of nitrogens with one attached hydrogen (secondary N) is 1. The molecule has 2 aromatic carbocycles. The highest BCUT2D eigenvalue weighted by Crippen LogP contribution is 2.32. The van der Waals surface area contributed by atoms with E-state index in [-0.39, 0.29) is 18.2 Å². The van der Waals surface area contributed by atoms with Gasteiger partial charge in [0.05, 0.1) is 17.1 Å². The van der Waals surface area contributed by atoms with Crippen molar-refractivity contribution in [2.75, 3.05) is 6.54 Å². The van der Waals surface area contributed by atoms with Crippen LogP contribution in [0, 0.1) is 11.6 Å². The van der Waals surface area contributed by atoms with E-state index in [1.54, 1.807) is 24.3 Å². The summed E-state index contributed by atoms with van der Waals surface area (Å²) in [4.78, 5) is 12.0. The quantitative estimate of drug-likeness (QED) is 0.940. The van der Waals surface area contributed by atoms with E-state index in [0.717, 1.165) is 6.07 Å². The monoisotopic (exact) mass is 323 g/mol. The Morgan fingerprint density at radius 1 is 1.32 bits per heavy atom. The van der Waals surface area contributed by atoms with Crippen LogP contribution in [0.3, 0.4) is 0 Å². The second kappa shape index (κ2) is 5.93. The van der Waals surface area contributed by atoms with Crippen molar-refractivity contribution in [3.63, 3.8) is 0 Å². The Bertz CT molecular complexity index is 736. The summed E-state index contributed by atoms with van der Waals surface area (Å²) >= 11 is 5.94. The van der Waals surface area contributed by atoms with Gasteiger partial charge in [0.1, 0.15) is 11.9 Å². The molecule has 6 heteroatoms. The SMILES string of the molecule is O=C(NCC1Cc2cc(F)cc(F)c2O1)c1ccccc1Cl. The van der Waals surface area contributed by atoms with E-state index < -0.39 is 17.7 Å².